The number of halogens is 1. The van der Waals surface area contributed by atoms with Crippen LogP contribution >= 0.6 is 15.9 Å². The fourth-order valence-electron chi connectivity index (χ4n) is 2.34. The highest BCUT2D eigenvalue weighted by Gasteiger charge is 2.20. The van der Waals surface area contributed by atoms with Crippen molar-refractivity contribution in [2.24, 2.45) is 0 Å². The molecule has 1 N–H and O–H groups in total. The van der Waals surface area contributed by atoms with Crippen LogP contribution in [0.2, 0.25) is 0 Å². The summed E-state index contributed by atoms with van der Waals surface area (Å²) < 4.78 is 6.17. The van der Waals surface area contributed by atoms with Gasteiger partial charge in [-0.05, 0) is 36.4 Å². The van der Waals surface area contributed by atoms with Gasteiger partial charge in [-0.15, -0.1) is 0 Å². The van der Waals surface area contributed by atoms with E-state index in [1.807, 2.05) is 12.1 Å². The topological polar surface area (TPSA) is 71.5 Å². The molecular weight excluding hydrogens is 374 g/mol. The minimum Gasteiger partial charge on any atom is -0.378 e. The molecule has 2 aromatic rings. The van der Waals surface area contributed by atoms with Crippen LogP contribution in [0.3, 0.4) is 0 Å². The van der Waals surface area contributed by atoms with Gasteiger partial charge in [0.2, 0.25) is 0 Å². The molecule has 1 saturated heterocycles. The van der Waals surface area contributed by atoms with Gasteiger partial charge in [0.15, 0.2) is 0 Å². The summed E-state index contributed by atoms with van der Waals surface area (Å²) in [5, 5.41) is 2.76. The molecular formula is C17H16BrN3O3. The minimum atomic E-state index is -0.353. The molecule has 0 unspecified atom stereocenters. The SMILES string of the molecule is O=C(Nc1ccc(Br)cc1)c1cccc(C(=O)N2CCOCC2)n1. The van der Waals surface area contributed by atoms with E-state index in [0.717, 1.165) is 4.47 Å². The highest BCUT2D eigenvalue weighted by atomic mass is 79.9. The number of nitrogens with zero attached hydrogens (tertiary/aromatic N) is 2. The third-order valence-corrected chi connectivity index (χ3v) is 4.13. The maximum Gasteiger partial charge on any atom is 0.274 e. The zero-order valence-electron chi connectivity index (χ0n) is 12.9. The average Bonchev–Trinajstić information content (AvgIpc) is 2.64. The number of nitrogens with one attached hydrogen (secondary N) is 1. The number of ether oxygens (including phenoxy) is 1. The van der Waals surface area contributed by atoms with Crippen LogP contribution in [0, 0.1) is 0 Å². The summed E-state index contributed by atoms with van der Waals surface area (Å²) in [6.45, 7) is 2.12. The number of carbonyl (C=O) groups is 2. The van der Waals surface area contributed by atoms with E-state index in [0.29, 0.717) is 32.0 Å². The van der Waals surface area contributed by atoms with Crippen molar-refractivity contribution in [1.82, 2.24) is 9.88 Å². The Hall–Kier alpha value is -2.25. The lowest BCUT2D eigenvalue weighted by molar-refractivity contribution is 0.0299. The summed E-state index contributed by atoms with van der Waals surface area (Å²) in [5.74, 6) is -0.537. The minimum absolute atomic E-state index is 0.184. The van der Waals surface area contributed by atoms with Gasteiger partial charge < -0.3 is 15.0 Å². The smallest absolute Gasteiger partial charge is 0.274 e. The van der Waals surface area contributed by atoms with Crippen molar-refractivity contribution in [3.8, 4) is 0 Å². The first kappa shape index (κ1) is 16.6. The molecule has 1 aromatic heterocycles. The van der Waals surface area contributed by atoms with Crippen molar-refractivity contribution in [2.75, 3.05) is 31.6 Å². The summed E-state index contributed by atoms with van der Waals surface area (Å²) in [4.78, 5) is 30.7. The Morgan fingerprint density at radius 1 is 1.04 bits per heavy atom. The van der Waals surface area contributed by atoms with Crippen LogP contribution in [0.5, 0.6) is 0 Å². The van der Waals surface area contributed by atoms with E-state index >= 15 is 0 Å². The number of morpholine rings is 1. The Morgan fingerprint density at radius 2 is 1.71 bits per heavy atom. The molecule has 1 fully saturated rings. The summed E-state index contributed by atoms with van der Waals surface area (Å²) >= 11 is 3.34. The Labute approximate surface area is 148 Å². The second-order valence-corrected chi connectivity index (χ2v) is 6.19. The first-order chi connectivity index (χ1) is 11.6. The second-order valence-electron chi connectivity index (χ2n) is 5.27. The van der Waals surface area contributed by atoms with Crippen molar-refractivity contribution in [1.29, 1.82) is 0 Å². The van der Waals surface area contributed by atoms with Crippen molar-refractivity contribution in [2.45, 2.75) is 0 Å². The fourth-order valence-corrected chi connectivity index (χ4v) is 2.60. The Bertz CT molecular complexity index is 743. The summed E-state index contributed by atoms with van der Waals surface area (Å²) in [6, 6.07) is 12.1. The molecule has 1 aliphatic rings. The molecule has 6 nitrogen and oxygen atoms in total. The van der Waals surface area contributed by atoms with Gasteiger partial charge in [-0.3, -0.25) is 9.59 Å². The van der Waals surface area contributed by atoms with Crippen molar-refractivity contribution < 1.29 is 14.3 Å². The highest BCUT2D eigenvalue weighted by molar-refractivity contribution is 9.10. The summed E-state index contributed by atoms with van der Waals surface area (Å²) in [7, 11) is 0. The zero-order valence-corrected chi connectivity index (χ0v) is 14.5. The molecule has 0 spiro atoms. The number of anilines is 1. The van der Waals surface area contributed by atoms with E-state index in [1.54, 1.807) is 35.2 Å². The van der Waals surface area contributed by atoms with Crippen LogP contribution in [0.25, 0.3) is 0 Å². The molecule has 0 atom stereocenters. The summed E-state index contributed by atoms with van der Waals surface area (Å²) in [6.07, 6.45) is 0. The number of hydrogen-bond donors (Lipinski definition) is 1. The van der Waals surface area contributed by atoms with Crippen LogP contribution in [0.1, 0.15) is 21.0 Å². The molecule has 0 radical (unpaired) electrons. The molecule has 24 heavy (non-hydrogen) atoms. The molecule has 2 heterocycles. The normalized spacial score (nSPS) is 14.3. The van der Waals surface area contributed by atoms with E-state index in [-0.39, 0.29) is 23.2 Å². The molecule has 1 aromatic carbocycles. The number of rotatable bonds is 3. The molecule has 124 valence electrons. The van der Waals surface area contributed by atoms with Gasteiger partial charge in [-0.1, -0.05) is 22.0 Å². The number of benzene rings is 1. The van der Waals surface area contributed by atoms with Crippen molar-refractivity contribution in [3.63, 3.8) is 0 Å². The van der Waals surface area contributed by atoms with Crippen LogP contribution in [-0.2, 0) is 4.74 Å². The lowest BCUT2D eigenvalue weighted by atomic mass is 10.2. The third kappa shape index (κ3) is 3.98. The summed E-state index contributed by atoms with van der Waals surface area (Å²) in [5.41, 5.74) is 1.13. The maximum absolute atomic E-state index is 12.4. The first-order valence-electron chi connectivity index (χ1n) is 7.54. The van der Waals surface area contributed by atoms with Crippen LogP contribution in [0.15, 0.2) is 46.9 Å². The van der Waals surface area contributed by atoms with Crippen LogP contribution in [0.4, 0.5) is 5.69 Å². The number of hydrogen-bond acceptors (Lipinski definition) is 4. The van der Waals surface area contributed by atoms with Crippen LogP contribution < -0.4 is 5.32 Å². The van der Waals surface area contributed by atoms with Gasteiger partial charge in [0.1, 0.15) is 11.4 Å². The van der Waals surface area contributed by atoms with E-state index in [2.05, 4.69) is 26.2 Å². The largest absolute Gasteiger partial charge is 0.378 e. The lowest BCUT2D eigenvalue weighted by Crippen LogP contribution is -2.41. The van der Waals surface area contributed by atoms with E-state index in [1.165, 1.54) is 0 Å². The van der Waals surface area contributed by atoms with Gasteiger partial charge in [0.25, 0.3) is 11.8 Å². The molecule has 2 amide bonds. The Morgan fingerprint density at radius 3 is 2.42 bits per heavy atom. The Balaban J connectivity index is 1.73. The predicted octanol–water partition coefficient (Wildman–Crippen LogP) is 2.57. The van der Waals surface area contributed by atoms with Crippen molar-refractivity contribution >= 4 is 33.4 Å². The van der Waals surface area contributed by atoms with E-state index in [9.17, 15) is 9.59 Å². The molecule has 0 bridgehead atoms. The number of pyridine rings is 1. The molecule has 1 aliphatic heterocycles. The van der Waals surface area contributed by atoms with E-state index < -0.39 is 0 Å². The quantitative estimate of drug-likeness (QED) is 0.875. The van der Waals surface area contributed by atoms with Crippen molar-refractivity contribution in [3.05, 3.63) is 58.3 Å². The molecule has 0 saturated carbocycles. The number of amides is 2. The zero-order chi connectivity index (χ0) is 16.9. The Kier molecular flexibility index (Phi) is 5.22. The maximum atomic E-state index is 12.4. The highest BCUT2D eigenvalue weighted by Crippen LogP contribution is 2.15. The second kappa shape index (κ2) is 7.55. The average molecular weight is 390 g/mol. The molecule has 7 heteroatoms. The molecule has 3 rings (SSSR count). The number of aromatic nitrogens is 1. The fraction of sp³-hybridized carbons (Fsp3) is 0.235. The van der Waals surface area contributed by atoms with E-state index in [4.69, 9.17) is 4.74 Å². The van der Waals surface area contributed by atoms with Gasteiger partial charge in [0.05, 0.1) is 13.2 Å². The monoisotopic (exact) mass is 389 g/mol. The number of carbonyl (C=O) groups excluding carboxylic acids is 2. The first-order valence-corrected chi connectivity index (χ1v) is 8.34. The molecule has 0 aliphatic carbocycles. The van der Waals surface area contributed by atoms with Gasteiger partial charge in [0, 0.05) is 23.2 Å². The predicted molar refractivity (Wildman–Crippen MR) is 93.1 cm³/mol. The van der Waals surface area contributed by atoms with Gasteiger partial charge in [-0.2, -0.15) is 0 Å². The lowest BCUT2D eigenvalue weighted by Gasteiger charge is -2.26. The standard InChI is InChI=1S/C17H16BrN3O3/c18-12-4-6-13(7-5-12)19-16(22)14-2-1-3-15(20-14)17(23)21-8-10-24-11-9-21/h1-7H,8-11H2,(H,19,22). The van der Waals surface area contributed by atoms with Crippen LogP contribution in [-0.4, -0.2) is 48.0 Å². The van der Waals surface area contributed by atoms with Gasteiger partial charge in [-0.25, -0.2) is 4.98 Å². The van der Waals surface area contributed by atoms with Gasteiger partial charge >= 0.3 is 0 Å². The third-order valence-electron chi connectivity index (χ3n) is 3.60.